The number of amides is 2. The zero-order valence-electron chi connectivity index (χ0n) is 18.7. The minimum Gasteiger partial charge on any atom is -0.341 e. The molecule has 34 heavy (non-hydrogen) atoms. The molecule has 0 radical (unpaired) electrons. The zero-order valence-corrected chi connectivity index (χ0v) is 21.1. The Hall–Kier alpha value is -1.80. The van der Waals surface area contributed by atoms with Crippen LogP contribution < -0.4 is 10.6 Å². The van der Waals surface area contributed by atoms with Crippen LogP contribution in [0.5, 0.6) is 0 Å². The molecule has 2 aliphatic rings. The van der Waals surface area contributed by atoms with Crippen molar-refractivity contribution in [2.24, 2.45) is 0 Å². The highest BCUT2D eigenvalue weighted by Gasteiger charge is 2.38. The van der Waals surface area contributed by atoms with Crippen molar-refractivity contribution in [3.63, 3.8) is 0 Å². The van der Waals surface area contributed by atoms with E-state index in [1.165, 1.54) is 29.8 Å². The molecule has 2 aromatic carbocycles. The van der Waals surface area contributed by atoms with Gasteiger partial charge in [-0.25, -0.2) is 4.39 Å². The van der Waals surface area contributed by atoms with E-state index in [0.717, 1.165) is 44.6 Å². The Morgan fingerprint density at radius 1 is 1.09 bits per heavy atom. The highest BCUT2D eigenvalue weighted by atomic mass is 35.5. The van der Waals surface area contributed by atoms with Gasteiger partial charge in [-0.05, 0) is 61.2 Å². The predicted octanol–water partition coefficient (Wildman–Crippen LogP) is 4.73. The van der Waals surface area contributed by atoms with E-state index >= 15 is 0 Å². The molecule has 2 N–H and O–H groups in total. The number of hydrogen-bond acceptors (Lipinski definition) is 4. The van der Waals surface area contributed by atoms with Crippen molar-refractivity contribution in [2.45, 2.75) is 37.3 Å². The topological polar surface area (TPSA) is 61.4 Å². The third kappa shape index (κ3) is 6.66. The van der Waals surface area contributed by atoms with Crippen LogP contribution in [-0.4, -0.2) is 59.9 Å². The lowest BCUT2D eigenvalue weighted by Gasteiger charge is -2.24. The van der Waals surface area contributed by atoms with Crippen molar-refractivity contribution in [1.29, 1.82) is 0 Å². The van der Waals surface area contributed by atoms with Crippen LogP contribution in [0.2, 0.25) is 10.0 Å². The minimum absolute atomic E-state index is 0.0460. The molecule has 5 nitrogen and oxygen atoms in total. The van der Waals surface area contributed by atoms with Gasteiger partial charge in [-0.2, -0.15) is 11.8 Å². The molecule has 0 bridgehead atoms. The number of rotatable bonds is 10. The van der Waals surface area contributed by atoms with E-state index in [0.29, 0.717) is 33.3 Å². The quantitative estimate of drug-likeness (QED) is 0.442. The summed E-state index contributed by atoms with van der Waals surface area (Å²) in [6.45, 7) is 2.27. The molecule has 182 valence electrons. The number of nitrogens with zero attached hydrogens (tertiary/aromatic N) is 1. The maximum absolute atomic E-state index is 13.2. The van der Waals surface area contributed by atoms with Crippen molar-refractivity contribution in [3.05, 3.63) is 69.5 Å². The van der Waals surface area contributed by atoms with Gasteiger partial charge in [-0.15, -0.1) is 0 Å². The summed E-state index contributed by atoms with van der Waals surface area (Å²) in [6, 6.07) is 11.0. The Bertz CT molecular complexity index is 1020. The molecule has 1 heterocycles. The van der Waals surface area contributed by atoms with Gasteiger partial charge in [0.1, 0.15) is 11.9 Å². The first-order chi connectivity index (χ1) is 16.4. The standard InChI is InChI=1S/C25H28Cl2FN3O2S/c26-20-8-5-17(13-21(20)27)19-14-22(19)29-9-12-34-15-23(25(33)31-10-1-2-11-31)30-24(32)16-3-6-18(28)7-4-16/h3-8,13,19,22-23,29H,1-2,9-12,14-15H2,(H,30,32)/t19-,22+,23-/m0/s1. The van der Waals surface area contributed by atoms with Gasteiger partial charge in [-0.1, -0.05) is 29.3 Å². The second-order valence-electron chi connectivity index (χ2n) is 8.72. The lowest BCUT2D eigenvalue weighted by atomic mass is 10.1. The van der Waals surface area contributed by atoms with Gasteiger partial charge in [0.05, 0.1) is 10.0 Å². The zero-order chi connectivity index (χ0) is 24.1. The van der Waals surface area contributed by atoms with Crippen LogP contribution in [-0.2, 0) is 4.79 Å². The Kier molecular flexibility index (Phi) is 8.75. The van der Waals surface area contributed by atoms with Gasteiger partial charge < -0.3 is 15.5 Å². The smallest absolute Gasteiger partial charge is 0.251 e. The van der Waals surface area contributed by atoms with E-state index < -0.39 is 11.9 Å². The van der Waals surface area contributed by atoms with Crippen LogP contribution in [0.25, 0.3) is 0 Å². The first-order valence-corrected chi connectivity index (χ1v) is 13.4. The molecule has 3 atom stereocenters. The molecule has 0 unspecified atom stereocenters. The number of hydrogen-bond donors (Lipinski definition) is 2. The fraction of sp³-hybridized carbons (Fsp3) is 0.440. The molecule has 9 heteroatoms. The molecule has 1 aliphatic carbocycles. The third-order valence-electron chi connectivity index (χ3n) is 6.23. The summed E-state index contributed by atoms with van der Waals surface area (Å²) in [4.78, 5) is 27.5. The molecule has 2 amide bonds. The number of carbonyl (C=O) groups excluding carboxylic acids is 2. The molecule has 1 saturated heterocycles. The fourth-order valence-corrected chi connectivity index (χ4v) is 5.42. The van der Waals surface area contributed by atoms with Crippen LogP contribution in [0.3, 0.4) is 0 Å². The van der Waals surface area contributed by atoms with Crippen LogP contribution >= 0.6 is 35.0 Å². The normalized spacial score (nSPS) is 20.3. The molecular formula is C25H28Cl2FN3O2S. The van der Waals surface area contributed by atoms with E-state index in [4.69, 9.17) is 23.2 Å². The number of benzene rings is 2. The van der Waals surface area contributed by atoms with E-state index in [2.05, 4.69) is 10.6 Å². The van der Waals surface area contributed by atoms with Crippen molar-refractivity contribution in [2.75, 3.05) is 31.1 Å². The average Bonchev–Trinajstić information content (AvgIpc) is 3.38. The molecule has 0 aromatic heterocycles. The predicted molar refractivity (Wildman–Crippen MR) is 136 cm³/mol. The summed E-state index contributed by atoms with van der Waals surface area (Å²) in [5, 5.41) is 7.56. The van der Waals surface area contributed by atoms with Gasteiger partial charge >= 0.3 is 0 Å². The number of likely N-dealkylation sites (tertiary alicyclic amines) is 1. The molecule has 2 fully saturated rings. The lowest BCUT2D eigenvalue weighted by molar-refractivity contribution is -0.131. The van der Waals surface area contributed by atoms with Crippen molar-refractivity contribution >= 4 is 46.8 Å². The molecule has 1 saturated carbocycles. The van der Waals surface area contributed by atoms with Crippen molar-refractivity contribution in [1.82, 2.24) is 15.5 Å². The summed E-state index contributed by atoms with van der Waals surface area (Å²) in [5.74, 6) is 0.945. The largest absolute Gasteiger partial charge is 0.341 e. The molecule has 0 spiro atoms. The van der Waals surface area contributed by atoms with Crippen molar-refractivity contribution in [3.8, 4) is 0 Å². The summed E-state index contributed by atoms with van der Waals surface area (Å²) in [6.07, 6.45) is 3.04. The lowest BCUT2D eigenvalue weighted by Crippen LogP contribution is -2.49. The van der Waals surface area contributed by atoms with Gasteiger partial charge in [0.2, 0.25) is 5.91 Å². The Labute approximate surface area is 213 Å². The van der Waals surface area contributed by atoms with Gasteiger partial charge in [-0.3, -0.25) is 9.59 Å². The summed E-state index contributed by atoms with van der Waals surface area (Å²) >= 11 is 13.8. The molecular weight excluding hydrogens is 496 g/mol. The third-order valence-corrected chi connectivity index (χ3v) is 8.03. The highest BCUT2D eigenvalue weighted by molar-refractivity contribution is 7.99. The van der Waals surface area contributed by atoms with Crippen LogP contribution in [0, 0.1) is 5.82 Å². The molecule has 4 rings (SSSR count). The Morgan fingerprint density at radius 2 is 1.82 bits per heavy atom. The first-order valence-electron chi connectivity index (χ1n) is 11.5. The number of thioether (sulfide) groups is 1. The van der Waals surface area contributed by atoms with Crippen molar-refractivity contribution < 1.29 is 14.0 Å². The fourth-order valence-electron chi connectivity index (χ4n) is 4.23. The maximum Gasteiger partial charge on any atom is 0.251 e. The second kappa shape index (κ2) is 11.8. The summed E-state index contributed by atoms with van der Waals surface area (Å²) in [5.41, 5.74) is 1.54. The monoisotopic (exact) mass is 523 g/mol. The highest BCUT2D eigenvalue weighted by Crippen LogP contribution is 2.42. The van der Waals surface area contributed by atoms with E-state index in [1.54, 1.807) is 11.8 Å². The van der Waals surface area contributed by atoms with Crippen LogP contribution in [0.4, 0.5) is 4.39 Å². The van der Waals surface area contributed by atoms with E-state index in [1.807, 2.05) is 23.1 Å². The first kappa shape index (κ1) is 25.3. The van der Waals surface area contributed by atoms with Gasteiger partial charge in [0.25, 0.3) is 5.91 Å². The maximum atomic E-state index is 13.2. The summed E-state index contributed by atoms with van der Waals surface area (Å²) in [7, 11) is 0. The van der Waals surface area contributed by atoms with E-state index in [-0.39, 0.29) is 11.8 Å². The van der Waals surface area contributed by atoms with E-state index in [9.17, 15) is 14.0 Å². The number of halogens is 3. The molecule has 1 aliphatic heterocycles. The van der Waals surface area contributed by atoms with Crippen LogP contribution in [0.15, 0.2) is 42.5 Å². The number of nitrogens with one attached hydrogen (secondary N) is 2. The second-order valence-corrected chi connectivity index (χ2v) is 10.7. The van der Waals surface area contributed by atoms with Gasteiger partial charge in [0, 0.05) is 48.7 Å². The van der Waals surface area contributed by atoms with Gasteiger partial charge in [0.15, 0.2) is 0 Å². The average molecular weight is 524 g/mol. The van der Waals surface area contributed by atoms with Crippen LogP contribution in [0.1, 0.15) is 41.1 Å². The Morgan fingerprint density at radius 3 is 2.53 bits per heavy atom. The SMILES string of the molecule is O=C(N[C@@H](CSCCN[C@@H]1C[C@H]1c1ccc(Cl)c(Cl)c1)C(=O)N1CCCC1)c1ccc(F)cc1. The minimum atomic E-state index is -0.606. The summed E-state index contributed by atoms with van der Waals surface area (Å²) < 4.78 is 13.2. The Balaban J connectivity index is 1.24. The molecule has 2 aromatic rings. The number of carbonyl (C=O) groups is 2.